The summed E-state index contributed by atoms with van der Waals surface area (Å²) < 4.78 is 0. The second kappa shape index (κ2) is 7.47. The molecule has 1 aromatic carbocycles. The number of hydrogen-bond donors (Lipinski definition) is 1. The SMILES string of the molecule is Cc1nc(-c2cccc(NC(=O)CN3C(=O)CC4(CCCCC4)C3=O)c2)cs1. The molecule has 1 aliphatic carbocycles. The molecule has 1 saturated carbocycles. The lowest BCUT2D eigenvalue weighted by atomic mass is 9.73. The Morgan fingerprint density at radius 3 is 2.75 bits per heavy atom. The van der Waals surface area contributed by atoms with Gasteiger partial charge in [-0.05, 0) is 31.9 Å². The molecule has 4 rings (SSSR count). The molecule has 1 saturated heterocycles. The fourth-order valence-corrected chi connectivity index (χ4v) is 4.86. The van der Waals surface area contributed by atoms with E-state index in [4.69, 9.17) is 0 Å². The highest BCUT2D eigenvalue weighted by Crippen LogP contribution is 2.45. The standard InChI is InChI=1S/C21H23N3O3S/c1-14-22-17(13-28-14)15-6-5-7-16(10-15)23-18(25)12-24-19(26)11-21(20(24)27)8-3-2-4-9-21/h5-7,10,13H,2-4,8-9,11-12H2,1H3,(H,23,25). The van der Waals surface area contributed by atoms with Crippen LogP contribution in [0.1, 0.15) is 43.5 Å². The fraction of sp³-hybridized carbons (Fsp3) is 0.429. The van der Waals surface area contributed by atoms with E-state index in [2.05, 4.69) is 10.3 Å². The van der Waals surface area contributed by atoms with Gasteiger partial charge in [-0.1, -0.05) is 31.4 Å². The second-order valence-corrected chi connectivity index (χ2v) is 8.75. The maximum atomic E-state index is 12.8. The number of aromatic nitrogens is 1. The van der Waals surface area contributed by atoms with Crippen LogP contribution in [0.2, 0.25) is 0 Å². The molecular weight excluding hydrogens is 374 g/mol. The largest absolute Gasteiger partial charge is 0.325 e. The second-order valence-electron chi connectivity index (χ2n) is 7.68. The number of anilines is 1. The van der Waals surface area contributed by atoms with Gasteiger partial charge >= 0.3 is 0 Å². The number of thiazole rings is 1. The topological polar surface area (TPSA) is 79.4 Å². The van der Waals surface area contributed by atoms with Crippen molar-refractivity contribution < 1.29 is 14.4 Å². The van der Waals surface area contributed by atoms with Crippen molar-refractivity contribution in [3.63, 3.8) is 0 Å². The van der Waals surface area contributed by atoms with E-state index < -0.39 is 5.41 Å². The Balaban J connectivity index is 1.43. The third-order valence-electron chi connectivity index (χ3n) is 5.66. The van der Waals surface area contributed by atoms with Gasteiger partial charge in [0.25, 0.3) is 0 Å². The molecule has 7 heteroatoms. The molecule has 2 fully saturated rings. The van der Waals surface area contributed by atoms with Crippen LogP contribution in [0.5, 0.6) is 0 Å². The Morgan fingerprint density at radius 2 is 2.04 bits per heavy atom. The molecule has 146 valence electrons. The molecule has 1 spiro atoms. The van der Waals surface area contributed by atoms with Crippen molar-refractivity contribution in [3.8, 4) is 11.3 Å². The highest BCUT2D eigenvalue weighted by Gasteiger charge is 2.51. The summed E-state index contributed by atoms with van der Waals surface area (Å²) in [5, 5.41) is 5.76. The van der Waals surface area contributed by atoms with Crippen LogP contribution in [0.4, 0.5) is 5.69 Å². The number of aryl methyl sites for hydroxylation is 1. The van der Waals surface area contributed by atoms with E-state index >= 15 is 0 Å². The van der Waals surface area contributed by atoms with Crippen molar-refractivity contribution in [3.05, 3.63) is 34.7 Å². The molecule has 6 nitrogen and oxygen atoms in total. The van der Waals surface area contributed by atoms with Gasteiger partial charge in [0.2, 0.25) is 17.7 Å². The van der Waals surface area contributed by atoms with Crippen LogP contribution in [0.15, 0.2) is 29.6 Å². The summed E-state index contributed by atoms with van der Waals surface area (Å²) in [5.41, 5.74) is 1.84. The normalized spacial score (nSPS) is 18.7. The number of imide groups is 1. The summed E-state index contributed by atoms with van der Waals surface area (Å²) >= 11 is 1.57. The minimum Gasteiger partial charge on any atom is -0.325 e. The van der Waals surface area contributed by atoms with Crippen molar-refractivity contribution >= 4 is 34.7 Å². The molecule has 2 heterocycles. The van der Waals surface area contributed by atoms with Crippen LogP contribution in [0.25, 0.3) is 11.3 Å². The summed E-state index contributed by atoms with van der Waals surface area (Å²) in [6.45, 7) is 1.72. The van der Waals surface area contributed by atoms with Crippen LogP contribution in [0, 0.1) is 12.3 Å². The minimum atomic E-state index is -0.558. The number of benzene rings is 1. The molecule has 0 radical (unpaired) electrons. The van der Waals surface area contributed by atoms with Crippen molar-refractivity contribution in [2.45, 2.75) is 45.4 Å². The summed E-state index contributed by atoms with van der Waals surface area (Å²) in [7, 11) is 0. The zero-order valence-electron chi connectivity index (χ0n) is 15.9. The van der Waals surface area contributed by atoms with E-state index in [-0.39, 0.29) is 30.7 Å². The molecule has 28 heavy (non-hydrogen) atoms. The lowest BCUT2D eigenvalue weighted by Crippen LogP contribution is -2.41. The van der Waals surface area contributed by atoms with Crippen molar-refractivity contribution in [2.24, 2.45) is 5.41 Å². The Bertz CT molecular complexity index is 930. The highest BCUT2D eigenvalue weighted by molar-refractivity contribution is 7.09. The number of carbonyl (C=O) groups is 3. The van der Waals surface area contributed by atoms with Gasteiger partial charge in [-0.25, -0.2) is 4.98 Å². The predicted molar refractivity (Wildman–Crippen MR) is 108 cm³/mol. The maximum absolute atomic E-state index is 12.8. The van der Waals surface area contributed by atoms with Gasteiger partial charge in [0.1, 0.15) is 6.54 Å². The Kier molecular flexibility index (Phi) is 5.02. The van der Waals surface area contributed by atoms with Gasteiger partial charge in [-0.2, -0.15) is 0 Å². The lowest BCUT2D eigenvalue weighted by Gasteiger charge is -2.30. The number of amides is 3. The quantitative estimate of drug-likeness (QED) is 0.797. The molecule has 1 N–H and O–H groups in total. The zero-order chi connectivity index (χ0) is 19.7. The average molecular weight is 398 g/mol. The van der Waals surface area contributed by atoms with Crippen LogP contribution in [-0.4, -0.2) is 34.2 Å². The number of carbonyl (C=O) groups excluding carboxylic acids is 3. The molecule has 0 unspecified atom stereocenters. The third kappa shape index (κ3) is 3.58. The van der Waals surface area contributed by atoms with Gasteiger partial charge in [0.05, 0.1) is 16.1 Å². The van der Waals surface area contributed by atoms with Crippen LogP contribution in [-0.2, 0) is 14.4 Å². The minimum absolute atomic E-state index is 0.168. The van der Waals surface area contributed by atoms with E-state index in [1.807, 2.05) is 30.5 Å². The van der Waals surface area contributed by atoms with E-state index in [0.717, 1.165) is 53.3 Å². The summed E-state index contributed by atoms with van der Waals surface area (Å²) in [5.74, 6) is -0.756. The van der Waals surface area contributed by atoms with Gasteiger partial charge in [0.15, 0.2) is 0 Å². The van der Waals surface area contributed by atoms with Crippen LogP contribution < -0.4 is 5.32 Å². The number of nitrogens with one attached hydrogen (secondary N) is 1. The number of hydrogen-bond acceptors (Lipinski definition) is 5. The summed E-state index contributed by atoms with van der Waals surface area (Å²) in [4.78, 5) is 43.4. The van der Waals surface area contributed by atoms with E-state index in [1.54, 1.807) is 17.4 Å². The maximum Gasteiger partial charge on any atom is 0.244 e. The molecule has 1 aliphatic heterocycles. The smallest absolute Gasteiger partial charge is 0.244 e. The van der Waals surface area contributed by atoms with Gasteiger partial charge in [-0.3, -0.25) is 19.3 Å². The highest BCUT2D eigenvalue weighted by atomic mass is 32.1. The van der Waals surface area contributed by atoms with Crippen molar-refractivity contribution in [2.75, 3.05) is 11.9 Å². The summed E-state index contributed by atoms with van der Waals surface area (Å²) in [6, 6.07) is 7.42. The first-order valence-electron chi connectivity index (χ1n) is 9.64. The lowest BCUT2D eigenvalue weighted by molar-refractivity contribution is -0.144. The van der Waals surface area contributed by atoms with Crippen molar-refractivity contribution in [1.29, 1.82) is 0 Å². The van der Waals surface area contributed by atoms with Crippen molar-refractivity contribution in [1.82, 2.24) is 9.88 Å². The predicted octanol–water partition coefficient (Wildman–Crippen LogP) is 3.77. The van der Waals surface area contributed by atoms with Gasteiger partial charge in [-0.15, -0.1) is 11.3 Å². The number of rotatable bonds is 4. The van der Waals surface area contributed by atoms with E-state index in [1.165, 1.54) is 0 Å². The Morgan fingerprint density at radius 1 is 1.25 bits per heavy atom. The monoisotopic (exact) mass is 397 g/mol. The molecule has 2 aliphatic rings. The molecule has 2 aromatic rings. The first kappa shape index (κ1) is 18.8. The first-order valence-corrected chi connectivity index (χ1v) is 10.5. The fourth-order valence-electron chi connectivity index (χ4n) is 4.24. The van der Waals surface area contributed by atoms with E-state index in [9.17, 15) is 14.4 Å². The molecule has 0 atom stereocenters. The van der Waals surface area contributed by atoms with Gasteiger partial charge in [0, 0.05) is 23.1 Å². The molecular formula is C21H23N3O3S. The Hall–Kier alpha value is -2.54. The zero-order valence-corrected chi connectivity index (χ0v) is 16.7. The van der Waals surface area contributed by atoms with E-state index in [0.29, 0.717) is 5.69 Å². The first-order chi connectivity index (χ1) is 13.5. The average Bonchev–Trinajstić information content (AvgIpc) is 3.20. The molecule has 3 amide bonds. The number of nitrogens with zero attached hydrogens (tertiary/aromatic N) is 2. The Labute approximate surface area is 168 Å². The van der Waals surface area contributed by atoms with Crippen LogP contribution in [0.3, 0.4) is 0 Å². The number of likely N-dealkylation sites (tertiary alicyclic amines) is 1. The third-order valence-corrected chi connectivity index (χ3v) is 6.44. The summed E-state index contributed by atoms with van der Waals surface area (Å²) in [6.07, 6.45) is 4.82. The molecule has 1 aromatic heterocycles. The molecule has 0 bridgehead atoms. The van der Waals surface area contributed by atoms with Gasteiger partial charge < -0.3 is 5.32 Å². The van der Waals surface area contributed by atoms with Crippen LogP contribution >= 0.6 is 11.3 Å².